The molecule has 1 fully saturated rings. The average Bonchev–Trinajstić information content (AvgIpc) is 3.31. The molecule has 0 spiro atoms. The van der Waals surface area contributed by atoms with Crippen molar-refractivity contribution in [3.8, 4) is 22.2 Å². The minimum atomic E-state index is -0.280. The van der Waals surface area contributed by atoms with Crippen LogP contribution in [0.4, 0.5) is 0 Å². The SMILES string of the molecule is COc1ccc(C(=O)NCCn2nc(-c3cccs3)n(C3CC3)c2=O)c(OC)c1. The third-order valence-electron chi connectivity index (χ3n) is 4.79. The third kappa shape index (κ3) is 3.91. The second-order valence-corrected chi connectivity index (χ2v) is 7.68. The zero-order valence-corrected chi connectivity index (χ0v) is 17.1. The second kappa shape index (κ2) is 8.12. The molecule has 4 rings (SSSR count). The monoisotopic (exact) mass is 414 g/mol. The summed E-state index contributed by atoms with van der Waals surface area (Å²) in [5, 5.41) is 9.32. The number of nitrogens with one attached hydrogen (secondary N) is 1. The predicted octanol–water partition coefficient (Wildman–Crippen LogP) is 2.56. The van der Waals surface area contributed by atoms with Crippen LogP contribution in [-0.2, 0) is 6.54 Å². The summed E-state index contributed by atoms with van der Waals surface area (Å²) >= 11 is 1.56. The molecule has 1 saturated carbocycles. The maximum atomic E-state index is 12.8. The van der Waals surface area contributed by atoms with E-state index in [1.54, 1.807) is 41.2 Å². The third-order valence-corrected chi connectivity index (χ3v) is 5.65. The molecule has 2 heterocycles. The minimum Gasteiger partial charge on any atom is -0.497 e. The normalized spacial score (nSPS) is 13.3. The van der Waals surface area contributed by atoms with Gasteiger partial charge >= 0.3 is 5.69 Å². The van der Waals surface area contributed by atoms with E-state index in [-0.39, 0.29) is 24.2 Å². The standard InChI is InChI=1S/C20H22N4O4S/c1-27-14-7-8-15(16(12-14)28-2)19(25)21-9-10-23-20(26)24(13-5-6-13)18(22-23)17-4-3-11-29-17/h3-4,7-8,11-13H,5-6,9-10H2,1-2H3,(H,21,25). The van der Waals surface area contributed by atoms with Crippen molar-refractivity contribution in [3.05, 3.63) is 51.8 Å². The Kier molecular flexibility index (Phi) is 5.39. The van der Waals surface area contributed by atoms with Gasteiger partial charge in [0.15, 0.2) is 5.82 Å². The van der Waals surface area contributed by atoms with Gasteiger partial charge in [-0.2, -0.15) is 0 Å². The zero-order chi connectivity index (χ0) is 20.4. The van der Waals surface area contributed by atoms with Gasteiger partial charge in [0.2, 0.25) is 0 Å². The van der Waals surface area contributed by atoms with Crippen LogP contribution >= 0.6 is 11.3 Å². The van der Waals surface area contributed by atoms with E-state index in [4.69, 9.17) is 9.47 Å². The number of carbonyl (C=O) groups is 1. The van der Waals surface area contributed by atoms with Gasteiger partial charge in [-0.05, 0) is 36.4 Å². The number of nitrogens with zero attached hydrogens (tertiary/aromatic N) is 3. The highest BCUT2D eigenvalue weighted by Crippen LogP contribution is 2.37. The molecular weight excluding hydrogens is 392 g/mol. The number of rotatable bonds is 8. The van der Waals surface area contributed by atoms with Crippen LogP contribution in [0.25, 0.3) is 10.7 Å². The van der Waals surface area contributed by atoms with Gasteiger partial charge in [0.05, 0.1) is 31.2 Å². The van der Waals surface area contributed by atoms with E-state index < -0.39 is 0 Å². The molecule has 2 aromatic heterocycles. The summed E-state index contributed by atoms with van der Waals surface area (Å²) in [7, 11) is 3.05. The first-order valence-electron chi connectivity index (χ1n) is 9.36. The lowest BCUT2D eigenvalue weighted by molar-refractivity contribution is 0.0948. The van der Waals surface area contributed by atoms with Crippen LogP contribution in [-0.4, -0.2) is 41.0 Å². The van der Waals surface area contributed by atoms with Crippen molar-refractivity contribution in [1.82, 2.24) is 19.7 Å². The summed E-state index contributed by atoms with van der Waals surface area (Å²) in [5.41, 5.74) is 0.274. The Bertz CT molecular complexity index is 1070. The lowest BCUT2D eigenvalue weighted by Gasteiger charge is -2.10. The molecule has 0 aliphatic heterocycles. The molecule has 8 nitrogen and oxygen atoms in total. The van der Waals surface area contributed by atoms with Gasteiger partial charge in [0.1, 0.15) is 11.5 Å². The molecule has 1 amide bonds. The summed E-state index contributed by atoms with van der Waals surface area (Å²) < 4.78 is 13.6. The summed E-state index contributed by atoms with van der Waals surface area (Å²) in [4.78, 5) is 26.3. The van der Waals surface area contributed by atoms with Crippen LogP contribution in [0.3, 0.4) is 0 Å². The summed E-state index contributed by atoms with van der Waals surface area (Å²) in [6, 6.07) is 9.15. The van der Waals surface area contributed by atoms with Gasteiger partial charge in [0, 0.05) is 18.7 Å². The smallest absolute Gasteiger partial charge is 0.346 e. The number of carbonyl (C=O) groups excluding carboxylic acids is 1. The fourth-order valence-corrected chi connectivity index (χ4v) is 3.86. The van der Waals surface area contributed by atoms with Gasteiger partial charge in [-0.1, -0.05) is 6.07 Å². The Morgan fingerprint density at radius 3 is 2.76 bits per heavy atom. The van der Waals surface area contributed by atoms with Crippen molar-refractivity contribution in [2.75, 3.05) is 20.8 Å². The Morgan fingerprint density at radius 2 is 2.10 bits per heavy atom. The number of ether oxygens (including phenoxy) is 2. The Labute approximate surface area is 171 Å². The molecule has 29 heavy (non-hydrogen) atoms. The van der Waals surface area contributed by atoms with Crippen molar-refractivity contribution in [1.29, 1.82) is 0 Å². The number of amides is 1. The van der Waals surface area contributed by atoms with E-state index in [1.165, 1.54) is 11.8 Å². The highest BCUT2D eigenvalue weighted by Gasteiger charge is 2.30. The number of benzene rings is 1. The predicted molar refractivity (Wildman–Crippen MR) is 110 cm³/mol. The van der Waals surface area contributed by atoms with Crippen molar-refractivity contribution >= 4 is 17.2 Å². The van der Waals surface area contributed by atoms with Crippen LogP contribution < -0.4 is 20.5 Å². The first-order valence-corrected chi connectivity index (χ1v) is 10.2. The molecule has 0 atom stereocenters. The van der Waals surface area contributed by atoms with Crippen molar-refractivity contribution in [2.45, 2.75) is 25.4 Å². The second-order valence-electron chi connectivity index (χ2n) is 6.73. The number of aromatic nitrogens is 3. The summed E-state index contributed by atoms with van der Waals surface area (Å²) in [6.07, 6.45) is 2.00. The lowest BCUT2D eigenvalue weighted by Crippen LogP contribution is -2.32. The van der Waals surface area contributed by atoms with Crippen LogP contribution in [0.15, 0.2) is 40.5 Å². The average molecular weight is 414 g/mol. The van der Waals surface area contributed by atoms with E-state index in [9.17, 15) is 9.59 Å². The molecule has 0 unspecified atom stereocenters. The summed E-state index contributed by atoms with van der Waals surface area (Å²) in [5.74, 6) is 1.46. The number of hydrogen-bond acceptors (Lipinski definition) is 6. The van der Waals surface area contributed by atoms with Crippen LogP contribution in [0.1, 0.15) is 29.2 Å². The van der Waals surface area contributed by atoms with Gasteiger partial charge in [-0.15, -0.1) is 16.4 Å². The number of thiophene rings is 1. The quantitative estimate of drug-likeness (QED) is 0.612. The highest BCUT2D eigenvalue weighted by atomic mass is 32.1. The Balaban J connectivity index is 1.47. The summed E-state index contributed by atoms with van der Waals surface area (Å²) in [6.45, 7) is 0.570. The van der Waals surface area contributed by atoms with Gasteiger partial charge in [-0.3, -0.25) is 9.36 Å². The molecule has 1 aliphatic carbocycles. The fourth-order valence-electron chi connectivity index (χ4n) is 3.16. The van der Waals surface area contributed by atoms with Crippen LogP contribution in [0, 0.1) is 0 Å². The fraction of sp³-hybridized carbons (Fsp3) is 0.350. The van der Waals surface area contributed by atoms with Crippen molar-refractivity contribution < 1.29 is 14.3 Å². The van der Waals surface area contributed by atoms with E-state index in [1.807, 2.05) is 17.5 Å². The molecule has 1 aliphatic rings. The lowest BCUT2D eigenvalue weighted by atomic mass is 10.1. The number of methoxy groups -OCH3 is 2. The highest BCUT2D eigenvalue weighted by molar-refractivity contribution is 7.13. The molecule has 152 valence electrons. The molecule has 0 saturated heterocycles. The number of hydrogen-bond donors (Lipinski definition) is 1. The maximum Gasteiger partial charge on any atom is 0.346 e. The zero-order valence-electron chi connectivity index (χ0n) is 16.3. The first-order chi connectivity index (χ1) is 14.1. The molecule has 1 N–H and O–H groups in total. The van der Waals surface area contributed by atoms with Crippen molar-refractivity contribution in [2.24, 2.45) is 0 Å². The van der Waals surface area contributed by atoms with Crippen molar-refractivity contribution in [3.63, 3.8) is 0 Å². The van der Waals surface area contributed by atoms with E-state index >= 15 is 0 Å². The van der Waals surface area contributed by atoms with Gasteiger partial charge in [-0.25, -0.2) is 9.48 Å². The molecule has 1 aromatic carbocycles. The molecule has 0 bridgehead atoms. The van der Waals surface area contributed by atoms with Gasteiger partial charge < -0.3 is 14.8 Å². The Hall–Kier alpha value is -3.07. The topological polar surface area (TPSA) is 87.4 Å². The first kappa shape index (κ1) is 19.3. The van der Waals surface area contributed by atoms with E-state index in [2.05, 4.69) is 10.4 Å². The molecule has 0 radical (unpaired) electrons. The van der Waals surface area contributed by atoms with Gasteiger partial charge in [0.25, 0.3) is 5.91 Å². The van der Waals surface area contributed by atoms with Crippen LogP contribution in [0.2, 0.25) is 0 Å². The van der Waals surface area contributed by atoms with Crippen LogP contribution in [0.5, 0.6) is 11.5 Å². The minimum absolute atomic E-state index is 0.132. The molecule has 3 aromatic rings. The maximum absolute atomic E-state index is 12.8. The largest absolute Gasteiger partial charge is 0.497 e. The molecule has 9 heteroatoms. The molecular formula is C20H22N4O4S. The van der Waals surface area contributed by atoms with E-state index in [0.717, 1.165) is 17.7 Å². The Morgan fingerprint density at radius 1 is 1.28 bits per heavy atom. The van der Waals surface area contributed by atoms with E-state index in [0.29, 0.717) is 29.4 Å².